The summed E-state index contributed by atoms with van der Waals surface area (Å²) in [6, 6.07) is 8.14. The second-order valence-corrected chi connectivity index (χ2v) is 7.45. The number of amides is 1. The third kappa shape index (κ3) is 6.63. The van der Waals surface area contributed by atoms with Crippen LogP contribution in [-0.2, 0) is 12.4 Å². The number of ether oxygens (including phenoxy) is 3. The fourth-order valence-corrected chi connectivity index (χ4v) is 3.21. The largest absolute Gasteiger partial charge is 0.493 e. The van der Waals surface area contributed by atoms with Gasteiger partial charge < -0.3 is 19.5 Å². The van der Waals surface area contributed by atoms with E-state index in [1.54, 1.807) is 0 Å². The van der Waals surface area contributed by atoms with Crippen molar-refractivity contribution in [2.45, 2.75) is 12.4 Å². The number of nitrogens with zero attached hydrogens (tertiary/aromatic N) is 2. The minimum Gasteiger partial charge on any atom is -0.493 e. The van der Waals surface area contributed by atoms with Crippen LogP contribution in [0.4, 0.5) is 37.8 Å². The van der Waals surface area contributed by atoms with E-state index in [-0.39, 0.29) is 5.69 Å². The van der Waals surface area contributed by atoms with Gasteiger partial charge in [-0.2, -0.15) is 31.4 Å². The first kappa shape index (κ1) is 28.1. The van der Waals surface area contributed by atoms with Gasteiger partial charge in [-0.25, -0.2) is 10.4 Å². The predicted octanol–water partition coefficient (Wildman–Crippen LogP) is 5.65. The maximum Gasteiger partial charge on any atom is 0.433 e. The predicted molar refractivity (Wildman–Crippen MR) is 125 cm³/mol. The molecule has 2 aromatic carbocycles. The summed E-state index contributed by atoms with van der Waals surface area (Å²) in [5.74, 6) is -0.681. The molecule has 1 aromatic heterocycles. The number of methoxy groups -OCH3 is 3. The molecule has 0 bridgehead atoms. The van der Waals surface area contributed by atoms with E-state index in [1.807, 2.05) is 0 Å². The number of hydrogen-bond acceptors (Lipinski definition) is 7. The molecule has 1 heterocycles. The van der Waals surface area contributed by atoms with Gasteiger partial charge >= 0.3 is 12.4 Å². The van der Waals surface area contributed by atoms with Gasteiger partial charge in [-0.15, -0.1) is 0 Å². The van der Waals surface area contributed by atoms with Crippen LogP contribution in [0.2, 0.25) is 0 Å². The molecule has 0 saturated heterocycles. The lowest BCUT2D eigenvalue weighted by atomic mass is 10.1. The Kier molecular flexibility index (Phi) is 8.33. The number of alkyl halides is 6. The Bertz CT molecular complexity index is 1320. The van der Waals surface area contributed by atoms with E-state index in [4.69, 9.17) is 14.2 Å². The van der Waals surface area contributed by atoms with E-state index in [1.165, 1.54) is 45.7 Å². The van der Waals surface area contributed by atoms with Gasteiger partial charge in [0.25, 0.3) is 5.91 Å². The molecule has 1 amide bonds. The Morgan fingerprint density at radius 2 is 1.55 bits per heavy atom. The number of carbonyl (C=O) groups is 1. The molecular weight excluding hydrogens is 522 g/mol. The lowest BCUT2D eigenvalue weighted by molar-refractivity contribution is -0.141. The molecule has 8 nitrogen and oxygen atoms in total. The number of carbonyl (C=O) groups excluding carboxylic acids is 1. The number of anilines is 2. The van der Waals surface area contributed by atoms with Crippen molar-refractivity contribution in [3.63, 3.8) is 0 Å². The zero-order chi connectivity index (χ0) is 28.1. The van der Waals surface area contributed by atoms with Crippen molar-refractivity contribution in [2.24, 2.45) is 5.10 Å². The molecule has 0 radical (unpaired) electrons. The van der Waals surface area contributed by atoms with Gasteiger partial charge in [0.1, 0.15) is 11.5 Å². The van der Waals surface area contributed by atoms with Crippen LogP contribution in [0, 0.1) is 0 Å². The highest BCUT2D eigenvalue weighted by Crippen LogP contribution is 2.38. The van der Waals surface area contributed by atoms with Gasteiger partial charge in [-0.3, -0.25) is 4.79 Å². The van der Waals surface area contributed by atoms with Gasteiger partial charge in [0, 0.05) is 11.3 Å². The summed E-state index contributed by atoms with van der Waals surface area (Å²) in [4.78, 5) is 16.2. The first-order chi connectivity index (χ1) is 17.9. The molecule has 0 atom stereocenters. The number of nitrogens with one attached hydrogen (secondary N) is 2. The fourth-order valence-electron chi connectivity index (χ4n) is 3.21. The maximum atomic E-state index is 13.2. The average Bonchev–Trinajstić information content (AvgIpc) is 2.87. The van der Waals surface area contributed by atoms with Crippen molar-refractivity contribution in [1.29, 1.82) is 0 Å². The Morgan fingerprint density at radius 3 is 2.11 bits per heavy atom. The Morgan fingerprint density at radius 1 is 0.895 bits per heavy atom. The summed E-state index contributed by atoms with van der Waals surface area (Å²) in [6.45, 7) is 0. The van der Waals surface area contributed by atoms with Crippen molar-refractivity contribution >= 4 is 23.6 Å². The summed E-state index contributed by atoms with van der Waals surface area (Å²) in [6.07, 6.45) is -8.36. The van der Waals surface area contributed by atoms with Crippen molar-refractivity contribution < 1.29 is 45.3 Å². The number of halogens is 6. The number of benzene rings is 2. The lowest BCUT2D eigenvalue weighted by Crippen LogP contribution is -2.21. The van der Waals surface area contributed by atoms with Crippen LogP contribution in [0.5, 0.6) is 17.2 Å². The Hall–Kier alpha value is -4.49. The van der Waals surface area contributed by atoms with Crippen LogP contribution in [0.15, 0.2) is 53.6 Å². The molecule has 3 rings (SSSR count). The van der Waals surface area contributed by atoms with Gasteiger partial charge in [0.2, 0.25) is 5.75 Å². The highest BCUT2D eigenvalue weighted by molar-refractivity contribution is 6.00. The quantitative estimate of drug-likeness (QED) is 0.217. The zero-order valence-electron chi connectivity index (χ0n) is 20.0. The van der Waals surface area contributed by atoms with Crippen LogP contribution in [0.3, 0.4) is 0 Å². The van der Waals surface area contributed by atoms with E-state index >= 15 is 0 Å². The monoisotopic (exact) mass is 542 g/mol. The molecule has 0 aliphatic heterocycles. The third-order valence-electron chi connectivity index (χ3n) is 4.95. The molecule has 2 N–H and O–H groups in total. The molecular formula is C24H20F6N4O4. The van der Waals surface area contributed by atoms with Gasteiger partial charge in [0.15, 0.2) is 11.5 Å². The number of rotatable bonds is 8. The first-order valence-corrected chi connectivity index (χ1v) is 10.5. The molecule has 14 heteroatoms. The minimum atomic E-state index is -4.87. The second kappa shape index (κ2) is 11.3. The lowest BCUT2D eigenvalue weighted by Gasteiger charge is -2.15. The standard InChI is InChI=1S/C24H20F6N4O4/c1-36-17-9-13(10-18(37-2)20(17)38-3)12-31-34-22(35)16-7-8-19(24(28,29)30)33-21(16)32-15-6-4-5-14(11-15)23(25,26)27/h4-12H,1-3H3,(H,32,33)(H,34,35)/b31-12+. The average molecular weight is 542 g/mol. The van der Waals surface area contributed by atoms with E-state index in [9.17, 15) is 31.1 Å². The van der Waals surface area contributed by atoms with E-state index in [0.717, 1.165) is 18.2 Å². The van der Waals surface area contributed by atoms with E-state index < -0.39 is 40.9 Å². The van der Waals surface area contributed by atoms with Crippen LogP contribution < -0.4 is 25.0 Å². The molecule has 0 fully saturated rings. The van der Waals surface area contributed by atoms with Crippen LogP contribution >= 0.6 is 0 Å². The summed E-state index contributed by atoms with van der Waals surface area (Å²) in [7, 11) is 4.21. The van der Waals surface area contributed by atoms with Crippen molar-refractivity contribution in [3.8, 4) is 17.2 Å². The Labute approximate surface area is 212 Å². The molecule has 38 heavy (non-hydrogen) atoms. The molecule has 3 aromatic rings. The first-order valence-electron chi connectivity index (χ1n) is 10.5. The summed E-state index contributed by atoms with van der Waals surface area (Å²) >= 11 is 0. The third-order valence-corrected chi connectivity index (χ3v) is 4.95. The molecule has 202 valence electrons. The summed E-state index contributed by atoms with van der Waals surface area (Å²) in [5, 5.41) is 6.15. The topological polar surface area (TPSA) is 94.1 Å². The highest BCUT2D eigenvalue weighted by Gasteiger charge is 2.34. The van der Waals surface area contributed by atoms with E-state index in [2.05, 4.69) is 20.8 Å². The molecule has 0 aliphatic rings. The maximum absolute atomic E-state index is 13.2. The van der Waals surface area contributed by atoms with Gasteiger partial charge in [0.05, 0.1) is 38.7 Å². The number of hydrogen-bond donors (Lipinski definition) is 2. The Balaban J connectivity index is 1.91. The highest BCUT2D eigenvalue weighted by atomic mass is 19.4. The SMILES string of the molecule is COc1cc(/C=N/NC(=O)c2ccc(C(F)(F)F)nc2Nc2cccc(C(F)(F)F)c2)cc(OC)c1OC. The minimum absolute atomic E-state index is 0.235. The second-order valence-electron chi connectivity index (χ2n) is 7.45. The zero-order valence-corrected chi connectivity index (χ0v) is 20.0. The van der Waals surface area contributed by atoms with Gasteiger partial charge in [-0.05, 0) is 42.5 Å². The van der Waals surface area contributed by atoms with Crippen LogP contribution in [0.1, 0.15) is 27.2 Å². The van der Waals surface area contributed by atoms with Crippen LogP contribution in [0.25, 0.3) is 0 Å². The molecule has 0 unspecified atom stereocenters. The van der Waals surface area contributed by atoms with Crippen LogP contribution in [-0.4, -0.2) is 38.4 Å². The normalized spacial score (nSPS) is 11.8. The number of pyridine rings is 1. The number of aromatic nitrogens is 1. The summed E-state index contributed by atoms with van der Waals surface area (Å²) in [5.41, 5.74) is -0.485. The van der Waals surface area contributed by atoms with Crippen molar-refractivity contribution in [3.05, 3.63) is 70.9 Å². The molecule has 0 aliphatic carbocycles. The summed E-state index contributed by atoms with van der Waals surface area (Å²) < 4.78 is 94.5. The van der Waals surface area contributed by atoms with Crippen molar-refractivity contribution in [2.75, 3.05) is 26.6 Å². The molecule has 0 spiro atoms. The number of hydrazone groups is 1. The smallest absolute Gasteiger partial charge is 0.433 e. The fraction of sp³-hybridized carbons (Fsp3) is 0.208. The van der Waals surface area contributed by atoms with E-state index in [0.29, 0.717) is 34.9 Å². The molecule has 0 saturated carbocycles. The van der Waals surface area contributed by atoms with Crippen molar-refractivity contribution in [1.82, 2.24) is 10.4 Å². The van der Waals surface area contributed by atoms with Gasteiger partial charge in [-0.1, -0.05) is 6.07 Å².